The number of hydrogen-bond acceptors (Lipinski definition) is 2. The van der Waals surface area contributed by atoms with E-state index in [0.29, 0.717) is 12.1 Å². The van der Waals surface area contributed by atoms with Crippen molar-refractivity contribution < 1.29 is 9.18 Å². The van der Waals surface area contributed by atoms with E-state index >= 15 is 0 Å². The van der Waals surface area contributed by atoms with Crippen LogP contribution >= 0.6 is 0 Å². The lowest BCUT2D eigenvalue weighted by Crippen LogP contribution is -2.41. The summed E-state index contributed by atoms with van der Waals surface area (Å²) < 4.78 is 14.0. The van der Waals surface area contributed by atoms with Crippen molar-refractivity contribution in [3.63, 3.8) is 0 Å². The Labute approximate surface area is 119 Å². The predicted octanol–water partition coefficient (Wildman–Crippen LogP) is 2.83. The molecule has 1 aliphatic heterocycles. The number of nitrogens with zero attached hydrogens (tertiary/aromatic N) is 1. The van der Waals surface area contributed by atoms with Crippen molar-refractivity contribution in [1.82, 2.24) is 10.2 Å². The summed E-state index contributed by atoms with van der Waals surface area (Å²) >= 11 is 0. The van der Waals surface area contributed by atoms with Gasteiger partial charge in [-0.2, -0.15) is 0 Å². The molecule has 1 heterocycles. The van der Waals surface area contributed by atoms with Crippen LogP contribution in [0.5, 0.6) is 0 Å². The van der Waals surface area contributed by atoms with E-state index < -0.39 is 0 Å². The van der Waals surface area contributed by atoms with E-state index in [9.17, 15) is 9.18 Å². The maximum absolute atomic E-state index is 14.0. The zero-order valence-corrected chi connectivity index (χ0v) is 11.8. The number of amides is 1. The van der Waals surface area contributed by atoms with Gasteiger partial charge in [0.2, 0.25) is 5.91 Å². The zero-order chi connectivity index (χ0) is 14.1. The quantitative estimate of drug-likeness (QED) is 0.901. The van der Waals surface area contributed by atoms with Crippen LogP contribution in [0.25, 0.3) is 0 Å². The van der Waals surface area contributed by atoms with Gasteiger partial charge in [-0.15, -0.1) is 0 Å². The standard InChI is InChI=1S/C16H21FN2O/c1-11-6-8-12(9-7-11)19-15(20)10-18-16(19)13-4-2-3-5-14(13)17/h2-5,11-12,16,18H,6-10H2,1H3. The molecule has 1 saturated carbocycles. The smallest absolute Gasteiger partial charge is 0.238 e. The highest BCUT2D eigenvalue weighted by molar-refractivity contribution is 5.81. The van der Waals surface area contributed by atoms with Crippen molar-refractivity contribution in [1.29, 1.82) is 0 Å². The van der Waals surface area contributed by atoms with Gasteiger partial charge in [0.1, 0.15) is 12.0 Å². The molecule has 2 fully saturated rings. The monoisotopic (exact) mass is 276 g/mol. The fourth-order valence-electron chi connectivity index (χ4n) is 3.41. The number of carbonyl (C=O) groups is 1. The molecule has 0 bridgehead atoms. The lowest BCUT2D eigenvalue weighted by molar-refractivity contribution is -0.131. The highest BCUT2D eigenvalue weighted by atomic mass is 19.1. The number of nitrogens with one attached hydrogen (secondary N) is 1. The van der Waals surface area contributed by atoms with Crippen LogP contribution in [-0.4, -0.2) is 23.4 Å². The molecular formula is C16H21FN2O. The molecule has 3 nitrogen and oxygen atoms in total. The van der Waals surface area contributed by atoms with Gasteiger partial charge in [-0.25, -0.2) is 4.39 Å². The summed E-state index contributed by atoms with van der Waals surface area (Å²) in [5.74, 6) is 0.593. The normalized spacial score (nSPS) is 30.8. The summed E-state index contributed by atoms with van der Waals surface area (Å²) in [7, 11) is 0. The molecule has 1 N–H and O–H groups in total. The van der Waals surface area contributed by atoms with Crippen molar-refractivity contribution in [2.75, 3.05) is 6.54 Å². The van der Waals surface area contributed by atoms with Gasteiger partial charge in [0, 0.05) is 11.6 Å². The first-order valence-corrected chi connectivity index (χ1v) is 7.46. The third kappa shape index (κ3) is 2.44. The van der Waals surface area contributed by atoms with Crippen LogP contribution in [0.4, 0.5) is 4.39 Å². The minimum absolute atomic E-state index is 0.0952. The fraction of sp³-hybridized carbons (Fsp3) is 0.562. The van der Waals surface area contributed by atoms with Crippen LogP contribution < -0.4 is 5.32 Å². The van der Waals surface area contributed by atoms with Gasteiger partial charge >= 0.3 is 0 Å². The Kier molecular flexibility index (Phi) is 3.74. The molecule has 1 unspecified atom stereocenters. The Balaban J connectivity index is 1.84. The molecule has 1 aliphatic carbocycles. The molecule has 3 rings (SSSR count). The van der Waals surface area contributed by atoms with Gasteiger partial charge in [-0.05, 0) is 37.7 Å². The van der Waals surface area contributed by atoms with E-state index in [-0.39, 0.29) is 23.9 Å². The van der Waals surface area contributed by atoms with E-state index in [1.54, 1.807) is 12.1 Å². The number of halogens is 1. The molecule has 2 aliphatic rings. The maximum Gasteiger partial charge on any atom is 0.238 e. The second-order valence-electron chi connectivity index (χ2n) is 6.02. The molecule has 0 spiro atoms. The van der Waals surface area contributed by atoms with Crippen LogP contribution in [0.15, 0.2) is 24.3 Å². The molecule has 0 aromatic heterocycles. The second-order valence-corrected chi connectivity index (χ2v) is 6.02. The van der Waals surface area contributed by atoms with Crippen LogP contribution in [0.1, 0.15) is 44.3 Å². The molecule has 1 aromatic carbocycles. The van der Waals surface area contributed by atoms with Crippen LogP contribution in [0.3, 0.4) is 0 Å². The summed E-state index contributed by atoms with van der Waals surface area (Å²) in [6.07, 6.45) is 4.05. The summed E-state index contributed by atoms with van der Waals surface area (Å²) in [6, 6.07) is 6.98. The third-order valence-corrected chi connectivity index (χ3v) is 4.59. The lowest BCUT2D eigenvalue weighted by Gasteiger charge is -2.37. The maximum atomic E-state index is 14.0. The topological polar surface area (TPSA) is 32.3 Å². The van der Waals surface area contributed by atoms with E-state index in [2.05, 4.69) is 12.2 Å². The van der Waals surface area contributed by atoms with Crippen molar-refractivity contribution in [3.05, 3.63) is 35.6 Å². The number of rotatable bonds is 2. The minimum atomic E-state index is -0.304. The minimum Gasteiger partial charge on any atom is -0.319 e. The van der Waals surface area contributed by atoms with Gasteiger partial charge in [-0.3, -0.25) is 10.1 Å². The van der Waals surface area contributed by atoms with Crippen molar-refractivity contribution in [2.45, 2.75) is 44.8 Å². The summed E-state index contributed by atoms with van der Waals surface area (Å²) in [5.41, 5.74) is 0.581. The van der Waals surface area contributed by atoms with Gasteiger partial charge in [-0.1, -0.05) is 25.1 Å². The molecular weight excluding hydrogens is 255 g/mol. The number of carbonyl (C=O) groups excluding carboxylic acids is 1. The Bertz CT molecular complexity index is 497. The molecule has 4 heteroatoms. The highest BCUT2D eigenvalue weighted by Crippen LogP contribution is 2.34. The fourth-order valence-corrected chi connectivity index (χ4v) is 3.41. The first-order valence-electron chi connectivity index (χ1n) is 7.46. The summed E-state index contributed by atoms with van der Waals surface area (Å²) in [4.78, 5) is 14.1. The molecule has 1 amide bonds. The zero-order valence-electron chi connectivity index (χ0n) is 11.8. The van der Waals surface area contributed by atoms with Crippen LogP contribution in [0, 0.1) is 11.7 Å². The number of benzene rings is 1. The first-order chi connectivity index (χ1) is 9.66. The number of hydrogen-bond donors (Lipinski definition) is 1. The largest absolute Gasteiger partial charge is 0.319 e. The SMILES string of the molecule is CC1CCC(N2C(=O)CNC2c2ccccc2F)CC1. The Morgan fingerprint density at radius 3 is 2.60 bits per heavy atom. The Morgan fingerprint density at radius 1 is 1.20 bits per heavy atom. The van der Waals surface area contributed by atoms with E-state index in [4.69, 9.17) is 0 Å². The average Bonchev–Trinajstić information content (AvgIpc) is 2.82. The van der Waals surface area contributed by atoms with Crippen LogP contribution in [-0.2, 0) is 4.79 Å². The predicted molar refractivity (Wildman–Crippen MR) is 75.4 cm³/mol. The molecule has 20 heavy (non-hydrogen) atoms. The van der Waals surface area contributed by atoms with Gasteiger partial charge < -0.3 is 4.90 Å². The Hall–Kier alpha value is -1.42. The van der Waals surface area contributed by atoms with Gasteiger partial charge in [0.05, 0.1) is 6.54 Å². The summed E-state index contributed by atoms with van der Waals surface area (Å²) in [6.45, 7) is 2.57. The van der Waals surface area contributed by atoms with Gasteiger partial charge in [0.25, 0.3) is 0 Å². The average molecular weight is 276 g/mol. The van der Waals surface area contributed by atoms with E-state index in [0.717, 1.165) is 31.6 Å². The molecule has 1 saturated heterocycles. The van der Waals surface area contributed by atoms with E-state index in [1.165, 1.54) is 6.07 Å². The second kappa shape index (κ2) is 5.52. The van der Waals surface area contributed by atoms with Crippen molar-refractivity contribution in [3.8, 4) is 0 Å². The highest BCUT2D eigenvalue weighted by Gasteiger charge is 2.38. The van der Waals surface area contributed by atoms with Crippen molar-refractivity contribution in [2.24, 2.45) is 5.92 Å². The lowest BCUT2D eigenvalue weighted by atomic mass is 9.86. The van der Waals surface area contributed by atoms with E-state index in [1.807, 2.05) is 11.0 Å². The summed E-state index contributed by atoms with van der Waals surface area (Å²) in [5, 5.41) is 3.16. The van der Waals surface area contributed by atoms with Gasteiger partial charge in [0.15, 0.2) is 0 Å². The molecule has 1 aromatic rings. The Morgan fingerprint density at radius 2 is 1.90 bits per heavy atom. The third-order valence-electron chi connectivity index (χ3n) is 4.59. The van der Waals surface area contributed by atoms with Crippen molar-refractivity contribution >= 4 is 5.91 Å². The molecule has 0 radical (unpaired) electrons. The first kappa shape index (κ1) is 13.6. The molecule has 1 atom stereocenters. The molecule has 108 valence electrons. The van der Waals surface area contributed by atoms with Crippen LogP contribution in [0.2, 0.25) is 0 Å².